The Balaban J connectivity index is 2.35. The van der Waals surface area contributed by atoms with Crippen molar-refractivity contribution in [1.82, 2.24) is 4.98 Å². The number of benzene rings is 2. The Labute approximate surface area is 127 Å². The van der Waals surface area contributed by atoms with E-state index in [9.17, 15) is 4.79 Å². The molecule has 0 radical (unpaired) electrons. The average Bonchev–Trinajstić information content (AvgIpc) is 2.49. The van der Waals surface area contributed by atoms with Crippen molar-refractivity contribution in [2.75, 3.05) is 7.11 Å². The van der Waals surface area contributed by atoms with Gasteiger partial charge in [0.05, 0.1) is 7.11 Å². The first-order valence-corrected chi connectivity index (χ1v) is 6.94. The van der Waals surface area contributed by atoms with E-state index >= 15 is 0 Å². The highest BCUT2D eigenvalue weighted by Crippen LogP contribution is 2.31. The molecule has 106 valence electrons. The molecule has 0 bridgehead atoms. The minimum atomic E-state index is -0.0874. The zero-order chi connectivity index (χ0) is 15.0. The summed E-state index contributed by atoms with van der Waals surface area (Å²) in [6.07, 6.45) is 0. The maximum atomic E-state index is 12.1. The molecule has 0 aliphatic rings. The van der Waals surface area contributed by atoms with Crippen LogP contribution in [-0.4, -0.2) is 12.1 Å². The van der Waals surface area contributed by atoms with Gasteiger partial charge < -0.3 is 9.72 Å². The molecule has 3 nitrogen and oxygen atoms in total. The molecule has 1 aromatic heterocycles. The zero-order valence-corrected chi connectivity index (χ0v) is 12.5. The fourth-order valence-electron chi connectivity index (χ4n) is 2.49. The first kappa shape index (κ1) is 13.7. The van der Waals surface area contributed by atoms with Crippen LogP contribution in [0.4, 0.5) is 0 Å². The molecule has 0 fully saturated rings. The Morgan fingerprint density at radius 1 is 1.10 bits per heavy atom. The molecular weight excluding hydrogens is 286 g/mol. The molecule has 0 unspecified atom stereocenters. The Morgan fingerprint density at radius 3 is 2.48 bits per heavy atom. The van der Waals surface area contributed by atoms with Crippen molar-refractivity contribution >= 4 is 22.5 Å². The Hall–Kier alpha value is -2.26. The molecule has 0 saturated heterocycles. The molecule has 3 aromatic rings. The van der Waals surface area contributed by atoms with E-state index in [0.717, 1.165) is 27.8 Å². The molecule has 1 heterocycles. The van der Waals surface area contributed by atoms with Crippen LogP contribution in [0.5, 0.6) is 5.75 Å². The van der Waals surface area contributed by atoms with Crippen molar-refractivity contribution in [2.24, 2.45) is 0 Å². The van der Waals surface area contributed by atoms with Crippen LogP contribution in [0.3, 0.4) is 0 Å². The molecule has 3 rings (SSSR count). The fraction of sp³-hybridized carbons (Fsp3) is 0.118. The average molecular weight is 300 g/mol. The van der Waals surface area contributed by atoms with Gasteiger partial charge in [0, 0.05) is 21.5 Å². The molecule has 0 amide bonds. The molecule has 0 aliphatic carbocycles. The smallest absolute Gasteiger partial charge is 0.251 e. The van der Waals surface area contributed by atoms with Crippen molar-refractivity contribution in [1.29, 1.82) is 0 Å². The lowest BCUT2D eigenvalue weighted by molar-refractivity contribution is 0.415. The molecule has 2 aromatic carbocycles. The number of hydrogen-bond donors (Lipinski definition) is 1. The van der Waals surface area contributed by atoms with Gasteiger partial charge >= 0.3 is 0 Å². The van der Waals surface area contributed by atoms with E-state index in [0.29, 0.717) is 10.6 Å². The van der Waals surface area contributed by atoms with Gasteiger partial charge in [-0.05, 0) is 48.4 Å². The number of fused-ring (bicyclic) bond motifs is 1. The third-order valence-electron chi connectivity index (χ3n) is 3.59. The summed E-state index contributed by atoms with van der Waals surface area (Å²) in [6, 6.07) is 13.1. The highest BCUT2D eigenvalue weighted by Gasteiger charge is 2.11. The summed E-state index contributed by atoms with van der Waals surface area (Å²) in [5.41, 5.74) is 3.23. The second-order valence-corrected chi connectivity index (χ2v) is 5.31. The number of rotatable bonds is 2. The van der Waals surface area contributed by atoms with Crippen LogP contribution in [0.25, 0.3) is 22.0 Å². The van der Waals surface area contributed by atoms with Gasteiger partial charge in [0.25, 0.3) is 5.56 Å². The van der Waals surface area contributed by atoms with Gasteiger partial charge in [-0.3, -0.25) is 4.79 Å². The lowest BCUT2D eigenvalue weighted by atomic mass is 9.97. The van der Waals surface area contributed by atoms with Crippen molar-refractivity contribution in [3.63, 3.8) is 0 Å². The van der Waals surface area contributed by atoms with Crippen LogP contribution in [0.15, 0.2) is 47.3 Å². The summed E-state index contributed by atoms with van der Waals surface area (Å²) in [6.45, 7) is 1.82. The molecule has 0 aliphatic heterocycles. The van der Waals surface area contributed by atoms with Crippen molar-refractivity contribution in [3.05, 3.63) is 63.4 Å². The summed E-state index contributed by atoms with van der Waals surface area (Å²) in [5, 5.41) is 1.58. The lowest BCUT2D eigenvalue weighted by Crippen LogP contribution is -2.11. The second kappa shape index (κ2) is 5.26. The number of H-pyrrole nitrogens is 1. The number of hydrogen-bond acceptors (Lipinski definition) is 2. The van der Waals surface area contributed by atoms with Crippen LogP contribution in [0, 0.1) is 6.92 Å². The molecule has 4 heteroatoms. The van der Waals surface area contributed by atoms with E-state index in [-0.39, 0.29) is 5.56 Å². The largest absolute Gasteiger partial charge is 0.497 e. The summed E-state index contributed by atoms with van der Waals surface area (Å²) in [4.78, 5) is 15.0. The van der Waals surface area contributed by atoms with Gasteiger partial charge in [-0.1, -0.05) is 23.7 Å². The van der Waals surface area contributed by atoms with Crippen LogP contribution in [0.1, 0.15) is 5.56 Å². The predicted octanol–water partition coefficient (Wildman–Crippen LogP) is 4.17. The van der Waals surface area contributed by atoms with Gasteiger partial charge in [-0.25, -0.2) is 0 Å². The van der Waals surface area contributed by atoms with Crippen LogP contribution in [0.2, 0.25) is 5.02 Å². The Bertz CT molecular complexity index is 866. The number of pyridine rings is 1. The van der Waals surface area contributed by atoms with Crippen molar-refractivity contribution in [2.45, 2.75) is 6.92 Å². The predicted molar refractivity (Wildman–Crippen MR) is 86.3 cm³/mol. The zero-order valence-electron chi connectivity index (χ0n) is 11.7. The Kier molecular flexibility index (Phi) is 3.43. The first-order valence-electron chi connectivity index (χ1n) is 6.56. The highest BCUT2D eigenvalue weighted by atomic mass is 35.5. The maximum Gasteiger partial charge on any atom is 0.251 e. The third-order valence-corrected chi connectivity index (χ3v) is 3.83. The number of halogens is 1. The topological polar surface area (TPSA) is 42.1 Å². The standard InChI is InChI=1S/C17H14ClNO2/c1-10-16(11-3-6-13(21-2)7-4-11)14-9-12(18)5-8-15(14)19-17(10)20/h3-9H,1-2H3,(H,19,20). The molecule has 0 spiro atoms. The van der Waals surface area contributed by atoms with E-state index in [1.165, 1.54) is 0 Å². The summed E-state index contributed by atoms with van der Waals surface area (Å²) < 4.78 is 5.18. The normalized spacial score (nSPS) is 10.8. The first-order chi connectivity index (χ1) is 10.1. The fourth-order valence-corrected chi connectivity index (χ4v) is 2.67. The van der Waals surface area contributed by atoms with E-state index < -0.39 is 0 Å². The van der Waals surface area contributed by atoms with E-state index in [4.69, 9.17) is 16.3 Å². The number of nitrogens with one attached hydrogen (secondary N) is 1. The molecule has 1 N–H and O–H groups in total. The van der Waals surface area contributed by atoms with Gasteiger partial charge in [0.15, 0.2) is 0 Å². The van der Waals surface area contributed by atoms with Gasteiger partial charge in [-0.15, -0.1) is 0 Å². The van der Waals surface area contributed by atoms with Crippen LogP contribution < -0.4 is 10.3 Å². The number of ether oxygens (including phenoxy) is 1. The quantitative estimate of drug-likeness (QED) is 0.772. The van der Waals surface area contributed by atoms with E-state index in [1.54, 1.807) is 13.2 Å². The van der Waals surface area contributed by atoms with Gasteiger partial charge in [0.1, 0.15) is 5.75 Å². The number of aromatic nitrogens is 1. The van der Waals surface area contributed by atoms with E-state index in [1.807, 2.05) is 43.3 Å². The molecule has 0 atom stereocenters. The van der Waals surface area contributed by atoms with E-state index in [2.05, 4.69) is 4.98 Å². The van der Waals surface area contributed by atoms with Crippen molar-refractivity contribution < 1.29 is 4.74 Å². The van der Waals surface area contributed by atoms with Crippen molar-refractivity contribution in [3.8, 4) is 16.9 Å². The second-order valence-electron chi connectivity index (χ2n) is 4.87. The Morgan fingerprint density at radius 2 is 1.81 bits per heavy atom. The minimum Gasteiger partial charge on any atom is -0.497 e. The molecule has 0 saturated carbocycles. The van der Waals surface area contributed by atoms with Crippen LogP contribution >= 0.6 is 11.6 Å². The third kappa shape index (κ3) is 2.41. The maximum absolute atomic E-state index is 12.1. The minimum absolute atomic E-state index is 0.0874. The lowest BCUT2D eigenvalue weighted by Gasteiger charge is -2.11. The SMILES string of the molecule is COc1ccc(-c2c(C)c(=O)[nH]c3ccc(Cl)cc23)cc1. The van der Waals surface area contributed by atoms with Gasteiger partial charge in [0.2, 0.25) is 0 Å². The summed E-state index contributed by atoms with van der Waals surface area (Å²) in [5.74, 6) is 0.781. The highest BCUT2D eigenvalue weighted by molar-refractivity contribution is 6.31. The van der Waals surface area contributed by atoms with Crippen LogP contribution in [-0.2, 0) is 0 Å². The molecule has 21 heavy (non-hydrogen) atoms. The molecular formula is C17H14ClNO2. The summed E-state index contributed by atoms with van der Waals surface area (Å²) >= 11 is 6.11. The monoisotopic (exact) mass is 299 g/mol. The summed E-state index contributed by atoms with van der Waals surface area (Å²) in [7, 11) is 1.63. The number of methoxy groups -OCH3 is 1. The van der Waals surface area contributed by atoms with Gasteiger partial charge in [-0.2, -0.15) is 0 Å². The number of aromatic amines is 1.